The summed E-state index contributed by atoms with van der Waals surface area (Å²) in [7, 11) is -3.59. The fourth-order valence-electron chi connectivity index (χ4n) is 2.55. The fourth-order valence-corrected chi connectivity index (χ4v) is 3.86. The molecule has 0 atom stereocenters. The molecule has 0 saturated carbocycles. The first-order valence-electron chi connectivity index (χ1n) is 7.57. The highest BCUT2D eigenvalue weighted by molar-refractivity contribution is 7.92. The predicted molar refractivity (Wildman–Crippen MR) is 96.4 cm³/mol. The lowest BCUT2D eigenvalue weighted by Crippen LogP contribution is -2.14. The number of hydrogen-bond donors (Lipinski definition) is 1. The zero-order valence-corrected chi connectivity index (χ0v) is 14.3. The molecule has 0 saturated heterocycles. The average molecular weight is 338 g/mol. The molecule has 24 heavy (non-hydrogen) atoms. The molecular weight excluding hydrogens is 320 g/mol. The molecule has 2 aromatic carbocycles. The molecule has 1 aromatic heterocycles. The van der Waals surface area contributed by atoms with Crippen LogP contribution in [0.4, 0.5) is 5.69 Å². The second-order valence-electron chi connectivity index (χ2n) is 5.64. The van der Waals surface area contributed by atoms with Crippen LogP contribution in [0.1, 0.15) is 11.1 Å². The van der Waals surface area contributed by atoms with Crippen molar-refractivity contribution in [3.05, 3.63) is 78.1 Å². The monoisotopic (exact) mass is 338 g/mol. The summed E-state index contributed by atoms with van der Waals surface area (Å²) in [5.74, 6) is 0. The van der Waals surface area contributed by atoms with Crippen molar-refractivity contribution in [3.8, 4) is 11.1 Å². The summed E-state index contributed by atoms with van der Waals surface area (Å²) in [4.78, 5) is 4.43. The summed E-state index contributed by atoms with van der Waals surface area (Å²) in [5, 5.41) is 0. The molecule has 0 aliphatic carbocycles. The lowest BCUT2D eigenvalue weighted by molar-refractivity contribution is 0.600. The molecule has 4 nitrogen and oxygen atoms in total. The standard InChI is InChI=1S/C19H18N2O2S/c1-14-11-12-20-13-18(14)16-7-9-17(10-8-16)21-24(22,23)19-6-4-3-5-15(19)2/h3-13,21H,1-2H3. The van der Waals surface area contributed by atoms with Crippen LogP contribution >= 0.6 is 0 Å². The summed E-state index contributed by atoms with van der Waals surface area (Å²) in [6.07, 6.45) is 3.56. The van der Waals surface area contributed by atoms with Gasteiger partial charge in [0.1, 0.15) is 0 Å². The van der Waals surface area contributed by atoms with Crippen molar-refractivity contribution in [1.82, 2.24) is 4.98 Å². The van der Waals surface area contributed by atoms with E-state index >= 15 is 0 Å². The van der Waals surface area contributed by atoms with Crippen LogP contribution in [0.5, 0.6) is 0 Å². The number of nitrogens with zero attached hydrogens (tertiary/aromatic N) is 1. The Hall–Kier alpha value is -2.66. The van der Waals surface area contributed by atoms with Gasteiger partial charge in [-0.15, -0.1) is 0 Å². The highest BCUT2D eigenvalue weighted by Crippen LogP contribution is 2.25. The SMILES string of the molecule is Cc1ccncc1-c1ccc(NS(=O)(=O)c2ccccc2C)cc1. The lowest BCUT2D eigenvalue weighted by atomic mass is 10.0. The molecule has 0 unspecified atom stereocenters. The number of nitrogens with one attached hydrogen (secondary N) is 1. The zero-order valence-electron chi connectivity index (χ0n) is 13.5. The Bertz CT molecular complexity index is 965. The van der Waals surface area contributed by atoms with Crippen molar-refractivity contribution < 1.29 is 8.42 Å². The first-order valence-corrected chi connectivity index (χ1v) is 9.05. The van der Waals surface area contributed by atoms with Gasteiger partial charge in [-0.25, -0.2) is 8.42 Å². The Kier molecular flexibility index (Phi) is 4.36. The Morgan fingerprint density at radius 2 is 1.58 bits per heavy atom. The third kappa shape index (κ3) is 3.31. The fraction of sp³-hybridized carbons (Fsp3) is 0.105. The quantitative estimate of drug-likeness (QED) is 0.777. The maximum Gasteiger partial charge on any atom is 0.262 e. The molecule has 0 amide bonds. The van der Waals surface area contributed by atoms with Crippen LogP contribution < -0.4 is 4.72 Å². The second-order valence-corrected chi connectivity index (χ2v) is 7.29. The van der Waals surface area contributed by atoms with Crippen LogP contribution in [0.2, 0.25) is 0 Å². The molecule has 0 bridgehead atoms. The van der Waals surface area contributed by atoms with Crippen LogP contribution in [-0.4, -0.2) is 13.4 Å². The van der Waals surface area contributed by atoms with E-state index < -0.39 is 10.0 Å². The maximum atomic E-state index is 12.5. The normalized spacial score (nSPS) is 11.2. The van der Waals surface area contributed by atoms with Crippen molar-refractivity contribution >= 4 is 15.7 Å². The van der Waals surface area contributed by atoms with Gasteiger partial charge in [-0.1, -0.05) is 30.3 Å². The van der Waals surface area contributed by atoms with Crippen molar-refractivity contribution in [2.45, 2.75) is 18.7 Å². The van der Waals surface area contributed by atoms with E-state index in [4.69, 9.17) is 0 Å². The number of sulfonamides is 1. The first kappa shape index (κ1) is 16.2. The van der Waals surface area contributed by atoms with Gasteiger partial charge in [0.25, 0.3) is 10.0 Å². The molecule has 3 rings (SSSR count). The van der Waals surface area contributed by atoms with Crippen LogP contribution in [-0.2, 0) is 10.0 Å². The Morgan fingerprint density at radius 3 is 2.25 bits per heavy atom. The number of aryl methyl sites for hydroxylation is 2. The van der Waals surface area contributed by atoms with E-state index in [2.05, 4.69) is 9.71 Å². The van der Waals surface area contributed by atoms with Crippen molar-refractivity contribution in [1.29, 1.82) is 0 Å². The highest BCUT2D eigenvalue weighted by atomic mass is 32.2. The maximum absolute atomic E-state index is 12.5. The lowest BCUT2D eigenvalue weighted by Gasteiger charge is -2.11. The number of hydrogen-bond acceptors (Lipinski definition) is 3. The minimum atomic E-state index is -3.59. The molecule has 5 heteroatoms. The largest absolute Gasteiger partial charge is 0.280 e. The molecule has 122 valence electrons. The van der Waals surface area contributed by atoms with E-state index in [1.807, 2.05) is 37.4 Å². The molecule has 1 N–H and O–H groups in total. The van der Waals surface area contributed by atoms with Crippen LogP contribution in [0.25, 0.3) is 11.1 Å². The Labute approximate surface area is 142 Å². The number of aromatic nitrogens is 1. The van der Waals surface area contributed by atoms with Gasteiger partial charge in [0.15, 0.2) is 0 Å². The van der Waals surface area contributed by atoms with Gasteiger partial charge in [-0.2, -0.15) is 0 Å². The third-order valence-electron chi connectivity index (χ3n) is 3.87. The van der Waals surface area contributed by atoms with E-state index in [0.29, 0.717) is 11.3 Å². The van der Waals surface area contributed by atoms with Gasteiger partial charge in [-0.05, 0) is 54.8 Å². The van der Waals surface area contributed by atoms with Gasteiger partial charge in [-0.3, -0.25) is 9.71 Å². The minimum absolute atomic E-state index is 0.289. The summed E-state index contributed by atoms with van der Waals surface area (Å²) in [5.41, 5.74) is 4.40. The topological polar surface area (TPSA) is 59.1 Å². The van der Waals surface area contributed by atoms with Gasteiger partial charge in [0, 0.05) is 23.6 Å². The van der Waals surface area contributed by atoms with Gasteiger partial charge in [0.05, 0.1) is 4.90 Å². The number of benzene rings is 2. The van der Waals surface area contributed by atoms with Gasteiger partial charge < -0.3 is 0 Å². The summed E-state index contributed by atoms with van der Waals surface area (Å²) in [6, 6.07) is 16.2. The molecule has 0 fully saturated rings. The van der Waals surface area contributed by atoms with E-state index in [-0.39, 0.29) is 4.90 Å². The number of rotatable bonds is 4. The molecule has 0 radical (unpaired) electrons. The summed E-state index contributed by atoms with van der Waals surface area (Å²) in [6.45, 7) is 3.80. The van der Waals surface area contributed by atoms with Crippen molar-refractivity contribution in [2.24, 2.45) is 0 Å². The van der Waals surface area contributed by atoms with Crippen LogP contribution in [0, 0.1) is 13.8 Å². The number of pyridine rings is 1. The second kappa shape index (κ2) is 6.45. The Morgan fingerprint density at radius 1 is 0.875 bits per heavy atom. The molecule has 0 spiro atoms. The molecule has 0 aliphatic rings. The van der Waals surface area contributed by atoms with E-state index in [1.54, 1.807) is 43.5 Å². The Balaban J connectivity index is 1.87. The molecule has 1 heterocycles. The minimum Gasteiger partial charge on any atom is -0.280 e. The smallest absolute Gasteiger partial charge is 0.262 e. The van der Waals surface area contributed by atoms with Gasteiger partial charge >= 0.3 is 0 Å². The third-order valence-corrected chi connectivity index (χ3v) is 5.41. The predicted octanol–water partition coefficient (Wildman–Crippen LogP) is 4.17. The van der Waals surface area contributed by atoms with Crippen molar-refractivity contribution in [2.75, 3.05) is 4.72 Å². The van der Waals surface area contributed by atoms with E-state index in [9.17, 15) is 8.42 Å². The molecular formula is C19H18N2O2S. The zero-order chi connectivity index (χ0) is 17.2. The van der Waals surface area contributed by atoms with Crippen LogP contribution in [0.15, 0.2) is 71.9 Å². The molecule has 0 aliphatic heterocycles. The van der Waals surface area contributed by atoms with E-state index in [1.165, 1.54) is 0 Å². The first-order chi connectivity index (χ1) is 11.5. The van der Waals surface area contributed by atoms with E-state index in [0.717, 1.165) is 16.7 Å². The average Bonchev–Trinajstić information content (AvgIpc) is 2.56. The molecule has 3 aromatic rings. The van der Waals surface area contributed by atoms with Crippen molar-refractivity contribution in [3.63, 3.8) is 0 Å². The highest BCUT2D eigenvalue weighted by Gasteiger charge is 2.16. The van der Waals surface area contributed by atoms with Gasteiger partial charge in [0.2, 0.25) is 0 Å². The summed E-state index contributed by atoms with van der Waals surface area (Å²) < 4.78 is 27.6. The van der Waals surface area contributed by atoms with Crippen LogP contribution in [0.3, 0.4) is 0 Å². The number of anilines is 1. The summed E-state index contributed by atoms with van der Waals surface area (Å²) >= 11 is 0.